The first-order valence-electron chi connectivity index (χ1n) is 7.01. The van der Waals surface area contributed by atoms with Gasteiger partial charge in [0.25, 0.3) is 5.89 Å². The molecule has 1 aromatic heterocycles. The first-order valence-corrected chi connectivity index (χ1v) is 7.01. The molecule has 0 bridgehead atoms. The number of benzene rings is 2. The van der Waals surface area contributed by atoms with E-state index in [-0.39, 0.29) is 12.4 Å². The van der Waals surface area contributed by atoms with Crippen LogP contribution in [-0.2, 0) is 11.4 Å². The van der Waals surface area contributed by atoms with E-state index in [1.54, 1.807) is 18.3 Å². The molecular weight excluding hydrogens is 297 g/mol. The van der Waals surface area contributed by atoms with E-state index in [0.29, 0.717) is 17.3 Å². The molecule has 0 N–H and O–H groups in total. The summed E-state index contributed by atoms with van der Waals surface area (Å²) >= 11 is 0. The van der Waals surface area contributed by atoms with E-state index in [2.05, 4.69) is 15.4 Å². The molecule has 0 aliphatic rings. The van der Waals surface area contributed by atoms with Gasteiger partial charge in [0.2, 0.25) is 5.89 Å². The van der Waals surface area contributed by atoms with Crippen molar-refractivity contribution in [2.45, 2.75) is 13.5 Å². The maximum Gasteiger partial charge on any atom is 0.257 e. The largest absolute Gasteiger partial charge is 0.417 e. The summed E-state index contributed by atoms with van der Waals surface area (Å²) in [6, 6.07) is 13.7. The first-order chi connectivity index (χ1) is 11.2. The number of aromatic nitrogens is 2. The molecule has 2 aromatic carbocycles. The van der Waals surface area contributed by atoms with Crippen molar-refractivity contribution in [2.75, 3.05) is 0 Å². The van der Waals surface area contributed by atoms with Crippen molar-refractivity contribution in [1.29, 1.82) is 0 Å². The second-order valence-corrected chi connectivity index (χ2v) is 4.93. The summed E-state index contributed by atoms with van der Waals surface area (Å²) in [5.41, 5.74) is 2.77. The predicted octanol–water partition coefficient (Wildman–Crippen LogP) is 3.73. The van der Waals surface area contributed by atoms with Gasteiger partial charge in [0.15, 0.2) is 6.61 Å². The van der Waals surface area contributed by atoms with Crippen LogP contribution in [0.25, 0.3) is 11.5 Å². The first kappa shape index (κ1) is 14.9. The lowest BCUT2D eigenvalue weighted by atomic mass is 10.2. The summed E-state index contributed by atoms with van der Waals surface area (Å²) in [6.45, 7) is 2.09. The highest BCUT2D eigenvalue weighted by molar-refractivity contribution is 5.79. The zero-order valence-corrected chi connectivity index (χ0v) is 12.4. The smallest absolute Gasteiger partial charge is 0.257 e. The highest BCUT2D eigenvalue weighted by Crippen LogP contribution is 2.18. The van der Waals surface area contributed by atoms with E-state index in [4.69, 9.17) is 9.25 Å². The average molecular weight is 311 g/mol. The average Bonchev–Trinajstić information content (AvgIpc) is 3.03. The van der Waals surface area contributed by atoms with Crippen LogP contribution >= 0.6 is 0 Å². The maximum atomic E-state index is 12.9. The molecule has 6 heteroatoms. The van der Waals surface area contributed by atoms with Gasteiger partial charge < -0.3 is 9.25 Å². The van der Waals surface area contributed by atoms with Crippen molar-refractivity contribution in [3.8, 4) is 11.5 Å². The van der Waals surface area contributed by atoms with Crippen molar-refractivity contribution < 1.29 is 13.6 Å². The second kappa shape index (κ2) is 6.83. The lowest BCUT2D eigenvalue weighted by Crippen LogP contribution is -1.88. The van der Waals surface area contributed by atoms with Gasteiger partial charge in [-0.2, -0.15) is 0 Å². The van der Waals surface area contributed by atoms with Crippen LogP contribution in [0.15, 0.2) is 58.1 Å². The Morgan fingerprint density at radius 2 is 1.83 bits per heavy atom. The molecule has 116 valence electrons. The van der Waals surface area contributed by atoms with E-state index in [1.165, 1.54) is 17.7 Å². The number of halogens is 1. The molecule has 1 heterocycles. The summed E-state index contributed by atoms with van der Waals surface area (Å²) in [4.78, 5) is 5.14. The van der Waals surface area contributed by atoms with Crippen molar-refractivity contribution in [3.63, 3.8) is 0 Å². The molecular formula is C17H14FN3O2. The number of hydrogen-bond acceptors (Lipinski definition) is 5. The number of rotatable bonds is 5. The van der Waals surface area contributed by atoms with Gasteiger partial charge in [-0.3, -0.25) is 0 Å². The minimum Gasteiger partial charge on any atom is -0.417 e. The SMILES string of the molecule is Cc1ccc(C=NOCc2nnc(-c3ccc(F)cc3)o2)cc1. The molecule has 23 heavy (non-hydrogen) atoms. The quantitative estimate of drug-likeness (QED) is 0.532. The van der Waals surface area contributed by atoms with Crippen LogP contribution in [-0.4, -0.2) is 16.4 Å². The van der Waals surface area contributed by atoms with Gasteiger partial charge in [-0.1, -0.05) is 35.0 Å². The Hall–Kier alpha value is -3.02. The molecule has 3 aromatic rings. The van der Waals surface area contributed by atoms with Crippen molar-refractivity contribution in [3.05, 3.63) is 71.4 Å². The number of aryl methyl sites for hydroxylation is 1. The monoisotopic (exact) mass is 311 g/mol. The van der Waals surface area contributed by atoms with Gasteiger partial charge in [-0.15, -0.1) is 10.2 Å². The van der Waals surface area contributed by atoms with E-state index in [9.17, 15) is 4.39 Å². The van der Waals surface area contributed by atoms with Gasteiger partial charge in [0, 0.05) is 5.56 Å². The molecule has 0 unspecified atom stereocenters. The van der Waals surface area contributed by atoms with Gasteiger partial charge in [-0.05, 0) is 36.8 Å². The molecule has 3 rings (SSSR count). The third kappa shape index (κ3) is 4.00. The zero-order chi connectivity index (χ0) is 16.1. The molecule has 0 saturated heterocycles. The fourth-order valence-corrected chi connectivity index (χ4v) is 1.86. The Labute approximate surface area is 132 Å². The molecule has 0 atom stereocenters. The third-order valence-corrected chi connectivity index (χ3v) is 3.10. The normalized spacial score (nSPS) is 11.0. The predicted molar refractivity (Wildman–Crippen MR) is 83.3 cm³/mol. The molecule has 0 radical (unpaired) electrons. The van der Waals surface area contributed by atoms with Crippen LogP contribution in [0.3, 0.4) is 0 Å². The van der Waals surface area contributed by atoms with Crippen molar-refractivity contribution >= 4 is 6.21 Å². The number of oxime groups is 1. The molecule has 0 amide bonds. The van der Waals surface area contributed by atoms with Gasteiger partial charge in [0.05, 0.1) is 6.21 Å². The van der Waals surface area contributed by atoms with Crippen LogP contribution in [0, 0.1) is 12.7 Å². The topological polar surface area (TPSA) is 60.5 Å². The molecule has 0 aliphatic heterocycles. The van der Waals surface area contributed by atoms with Gasteiger partial charge in [-0.25, -0.2) is 4.39 Å². The number of nitrogens with zero attached hydrogens (tertiary/aromatic N) is 3. The Morgan fingerprint density at radius 1 is 1.09 bits per heavy atom. The van der Waals surface area contributed by atoms with Crippen LogP contribution in [0.4, 0.5) is 4.39 Å². The minimum absolute atomic E-state index is 0.0660. The Balaban J connectivity index is 1.57. The Kier molecular flexibility index (Phi) is 4.42. The van der Waals surface area contributed by atoms with Crippen LogP contribution in [0.1, 0.15) is 17.0 Å². The van der Waals surface area contributed by atoms with Gasteiger partial charge >= 0.3 is 0 Å². The third-order valence-electron chi connectivity index (χ3n) is 3.10. The summed E-state index contributed by atoms with van der Waals surface area (Å²) < 4.78 is 18.3. The number of hydrogen-bond donors (Lipinski definition) is 0. The summed E-state index contributed by atoms with van der Waals surface area (Å²) in [7, 11) is 0. The Bertz CT molecular complexity index is 795. The van der Waals surface area contributed by atoms with E-state index in [1.807, 2.05) is 31.2 Å². The lowest BCUT2D eigenvalue weighted by molar-refractivity contribution is 0.112. The molecule has 0 spiro atoms. The highest BCUT2D eigenvalue weighted by Gasteiger charge is 2.08. The van der Waals surface area contributed by atoms with Gasteiger partial charge in [0.1, 0.15) is 5.82 Å². The summed E-state index contributed by atoms with van der Waals surface area (Å²) in [5, 5.41) is 11.6. The lowest BCUT2D eigenvalue weighted by Gasteiger charge is -1.96. The van der Waals surface area contributed by atoms with E-state index >= 15 is 0 Å². The minimum atomic E-state index is -0.317. The Morgan fingerprint density at radius 3 is 2.57 bits per heavy atom. The fraction of sp³-hybridized carbons (Fsp3) is 0.118. The summed E-state index contributed by atoms with van der Waals surface area (Å²) in [6.07, 6.45) is 1.61. The van der Waals surface area contributed by atoms with E-state index < -0.39 is 0 Å². The molecule has 0 aliphatic carbocycles. The molecule has 5 nitrogen and oxygen atoms in total. The second-order valence-electron chi connectivity index (χ2n) is 4.93. The van der Waals surface area contributed by atoms with Crippen LogP contribution in [0.2, 0.25) is 0 Å². The highest BCUT2D eigenvalue weighted by atomic mass is 19.1. The fourth-order valence-electron chi connectivity index (χ4n) is 1.86. The summed E-state index contributed by atoms with van der Waals surface area (Å²) in [5.74, 6) is 0.291. The standard InChI is InChI=1S/C17H14FN3O2/c1-12-2-4-13(5-3-12)10-19-22-11-16-20-21-17(23-16)14-6-8-15(18)9-7-14/h2-10H,11H2,1H3. The van der Waals surface area contributed by atoms with Crippen LogP contribution in [0.5, 0.6) is 0 Å². The van der Waals surface area contributed by atoms with Crippen molar-refractivity contribution in [1.82, 2.24) is 10.2 Å². The molecule has 0 fully saturated rings. The van der Waals surface area contributed by atoms with E-state index in [0.717, 1.165) is 5.56 Å². The maximum absolute atomic E-state index is 12.9. The van der Waals surface area contributed by atoms with Crippen LogP contribution < -0.4 is 0 Å². The zero-order valence-electron chi connectivity index (χ0n) is 12.4. The molecule has 0 saturated carbocycles. The van der Waals surface area contributed by atoms with Crippen molar-refractivity contribution in [2.24, 2.45) is 5.16 Å².